The number of carbonyl (C=O) groups is 1. The van der Waals surface area contributed by atoms with Gasteiger partial charge < -0.3 is 5.32 Å². The molecule has 3 rings (SSSR count). The van der Waals surface area contributed by atoms with Crippen LogP contribution in [-0.2, 0) is 16.8 Å². The average Bonchev–Trinajstić information content (AvgIpc) is 2.54. The summed E-state index contributed by atoms with van der Waals surface area (Å²) in [6.07, 6.45) is 2.58. The fraction of sp³-hybridized carbons (Fsp3) is 0.263. The molecule has 0 unspecified atom stereocenters. The Bertz CT molecular complexity index is 740. The zero-order chi connectivity index (χ0) is 16.3. The van der Waals surface area contributed by atoms with Gasteiger partial charge in [0.25, 0.3) is 0 Å². The molecule has 1 saturated carbocycles. The van der Waals surface area contributed by atoms with Crippen molar-refractivity contribution in [2.45, 2.75) is 31.2 Å². The van der Waals surface area contributed by atoms with Crippen LogP contribution in [0.1, 0.15) is 36.0 Å². The second-order valence-electron chi connectivity index (χ2n) is 5.93. The second kappa shape index (κ2) is 6.21. The molecule has 0 aliphatic heterocycles. The molecule has 23 heavy (non-hydrogen) atoms. The third kappa shape index (κ3) is 2.95. The van der Waals surface area contributed by atoms with Crippen LogP contribution in [0.25, 0.3) is 0 Å². The third-order valence-electron chi connectivity index (χ3n) is 4.57. The number of nitrogens with zero attached hydrogens (tertiary/aromatic N) is 1. The number of hydrogen-bond donors (Lipinski definition) is 1. The van der Waals surface area contributed by atoms with E-state index < -0.39 is 5.41 Å². The van der Waals surface area contributed by atoms with E-state index in [1.807, 2.05) is 12.1 Å². The van der Waals surface area contributed by atoms with Crippen LogP contribution in [0.5, 0.6) is 0 Å². The highest BCUT2D eigenvalue weighted by Gasteiger charge is 2.45. The van der Waals surface area contributed by atoms with Gasteiger partial charge in [0.15, 0.2) is 0 Å². The van der Waals surface area contributed by atoms with Crippen molar-refractivity contribution in [3.63, 3.8) is 0 Å². The van der Waals surface area contributed by atoms with Gasteiger partial charge in [-0.25, -0.2) is 4.39 Å². The highest BCUT2D eigenvalue weighted by atomic mass is 19.1. The maximum absolute atomic E-state index is 13.1. The number of carbonyl (C=O) groups excluding carboxylic acids is 1. The molecule has 0 spiro atoms. The average molecular weight is 308 g/mol. The maximum atomic E-state index is 13.1. The van der Waals surface area contributed by atoms with Crippen molar-refractivity contribution in [2.24, 2.45) is 0 Å². The van der Waals surface area contributed by atoms with E-state index in [1.165, 1.54) is 12.1 Å². The van der Waals surface area contributed by atoms with E-state index in [-0.39, 0.29) is 11.7 Å². The van der Waals surface area contributed by atoms with Crippen LogP contribution >= 0.6 is 0 Å². The maximum Gasteiger partial charge on any atom is 0.230 e. The molecule has 1 N–H and O–H groups in total. The van der Waals surface area contributed by atoms with Gasteiger partial charge in [-0.15, -0.1) is 0 Å². The van der Waals surface area contributed by atoms with Gasteiger partial charge >= 0.3 is 0 Å². The largest absolute Gasteiger partial charge is 0.351 e. The topological polar surface area (TPSA) is 52.9 Å². The predicted octanol–water partition coefficient (Wildman–Crippen LogP) is 3.44. The molecule has 1 amide bonds. The van der Waals surface area contributed by atoms with E-state index >= 15 is 0 Å². The molecule has 1 fully saturated rings. The molecule has 0 radical (unpaired) electrons. The molecule has 0 heterocycles. The Morgan fingerprint density at radius 2 is 1.78 bits per heavy atom. The summed E-state index contributed by atoms with van der Waals surface area (Å²) in [5.41, 5.74) is 1.90. The van der Waals surface area contributed by atoms with Crippen LogP contribution < -0.4 is 5.32 Å². The summed E-state index contributed by atoms with van der Waals surface area (Å²) in [5.74, 6) is -0.305. The number of nitrogens with one attached hydrogen (secondary N) is 1. The van der Waals surface area contributed by atoms with Crippen LogP contribution in [0.2, 0.25) is 0 Å². The molecular formula is C19H17FN2O. The minimum Gasteiger partial charge on any atom is -0.351 e. The lowest BCUT2D eigenvalue weighted by Crippen LogP contribution is -2.49. The smallest absolute Gasteiger partial charge is 0.230 e. The summed E-state index contributed by atoms with van der Waals surface area (Å²) in [7, 11) is 0. The first-order chi connectivity index (χ1) is 11.1. The fourth-order valence-electron chi connectivity index (χ4n) is 2.99. The van der Waals surface area contributed by atoms with Gasteiger partial charge in [0.1, 0.15) is 5.82 Å². The molecule has 3 nitrogen and oxygen atoms in total. The Kier molecular flexibility index (Phi) is 4.12. The Labute approximate surface area is 134 Å². The van der Waals surface area contributed by atoms with Crippen molar-refractivity contribution < 1.29 is 9.18 Å². The lowest BCUT2D eigenvalue weighted by atomic mass is 9.64. The molecule has 116 valence electrons. The standard InChI is InChI=1S/C19H17FN2O/c20-17-8-6-16(7-9-17)19(10-1-11-19)18(23)22-13-15-4-2-14(12-21)3-5-15/h2-9H,1,10-11,13H2,(H,22,23). The van der Waals surface area contributed by atoms with Crippen molar-refractivity contribution in [3.05, 3.63) is 71.0 Å². The Morgan fingerprint density at radius 3 is 2.30 bits per heavy atom. The number of halogens is 1. The summed E-state index contributed by atoms with van der Waals surface area (Å²) in [6.45, 7) is 0.424. The summed E-state index contributed by atoms with van der Waals surface area (Å²) in [6, 6.07) is 15.4. The molecule has 1 aliphatic carbocycles. The van der Waals surface area contributed by atoms with Gasteiger partial charge in [-0.2, -0.15) is 5.26 Å². The SMILES string of the molecule is N#Cc1ccc(CNC(=O)C2(c3ccc(F)cc3)CCC2)cc1. The summed E-state index contributed by atoms with van der Waals surface area (Å²) < 4.78 is 13.1. The van der Waals surface area contributed by atoms with Crippen LogP contribution in [0.3, 0.4) is 0 Å². The number of hydrogen-bond acceptors (Lipinski definition) is 2. The molecular weight excluding hydrogens is 291 g/mol. The van der Waals surface area contributed by atoms with Crippen molar-refractivity contribution in [1.82, 2.24) is 5.32 Å². The van der Waals surface area contributed by atoms with Crippen molar-refractivity contribution in [2.75, 3.05) is 0 Å². The zero-order valence-electron chi connectivity index (χ0n) is 12.7. The summed E-state index contributed by atoms with van der Waals surface area (Å²) in [4.78, 5) is 12.7. The van der Waals surface area contributed by atoms with Gasteiger partial charge in [0.05, 0.1) is 17.0 Å². The van der Waals surface area contributed by atoms with Crippen LogP contribution in [0.15, 0.2) is 48.5 Å². The first-order valence-corrected chi connectivity index (χ1v) is 7.67. The first kappa shape index (κ1) is 15.2. The lowest BCUT2D eigenvalue weighted by Gasteiger charge is -2.40. The van der Waals surface area contributed by atoms with E-state index in [4.69, 9.17) is 5.26 Å². The normalized spacial score (nSPS) is 15.3. The van der Waals surface area contributed by atoms with Crippen LogP contribution in [0.4, 0.5) is 4.39 Å². The van der Waals surface area contributed by atoms with Crippen LogP contribution in [-0.4, -0.2) is 5.91 Å². The molecule has 0 saturated heterocycles. The monoisotopic (exact) mass is 308 g/mol. The molecule has 2 aromatic rings. The van der Waals surface area contributed by atoms with Crippen molar-refractivity contribution >= 4 is 5.91 Å². The van der Waals surface area contributed by atoms with Gasteiger partial charge in [-0.1, -0.05) is 30.7 Å². The van der Waals surface area contributed by atoms with E-state index in [1.54, 1.807) is 24.3 Å². The first-order valence-electron chi connectivity index (χ1n) is 7.67. The van der Waals surface area contributed by atoms with Gasteiger partial charge in [-0.05, 0) is 48.2 Å². The second-order valence-corrected chi connectivity index (χ2v) is 5.93. The molecule has 0 bridgehead atoms. The predicted molar refractivity (Wildman–Crippen MR) is 84.9 cm³/mol. The molecule has 0 atom stereocenters. The molecule has 1 aliphatic rings. The quantitative estimate of drug-likeness (QED) is 0.940. The van der Waals surface area contributed by atoms with Crippen molar-refractivity contribution in [3.8, 4) is 6.07 Å². The number of rotatable bonds is 4. The highest BCUT2D eigenvalue weighted by Crippen LogP contribution is 2.44. The van der Waals surface area contributed by atoms with E-state index in [2.05, 4.69) is 11.4 Å². The van der Waals surface area contributed by atoms with E-state index in [0.717, 1.165) is 30.4 Å². The Balaban J connectivity index is 1.70. The van der Waals surface area contributed by atoms with Crippen LogP contribution in [0, 0.1) is 17.1 Å². The molecule has 0 aromatic heterocycles. The Morgan fingerprint density at radius 1 is 1.13 bits per heavy atom. The fourth-order valence-corrected chi connectivity index (χ4v) is 2.99. The minimum absolute atomic E-state index is 0.0142. The Hall–Kier alpha value is -2.67. The van der Waals surface area contributed by atoms with Gasteiger partial charge in [-0.3, -0.25) is 4.79 Å². The third-order valence-corrected chi connectivity index (χ3v) is 4.57. The number of benzene rings is 2. The molecule has 2 aromatic carbocycles. The minimum atomic E-state index is -0.527. The zero-order valence-corrected chi connectivity index (χ0v) is 12.7. The lowest BCUT2D eigenvalue weighted by molar-refractivity contribution is -0.130. The molecule has 4 heteroatoms. The van der Waals surface area contributed by atoms with E-state index in [0.29, 0.717) is 12.1 Å². The summed E-state index contributed by atoms with van der Waals surface area (Å²) in [5, 5.41) is 11.8. The van der Waals surface area contributed by atoms with Crippen molar-refractivity contribution in [1.29, 1.82) is 5.26 Å². The van der Waals surface area contributed by atoms with Gasteiger partial charge in [0, 0.05) is 6.54 Å². The number of nitriles is 1. The van der Waals surface area contributed by atoms with Gasteiger partial charge in [0.2, 0.25) is 5.91 Å². The van der Waals surface area contributed by atoms with E-state index in [9.17, 15) is 9.18 Å². The summed E-state index contributed by atoms with van der Waals surface area (Å²) >= 11 is 0. The highest BCUT2D eigenvalue weighted by molar-refractivity contribution is 5.89. The number of amides is 1.